The van der Waals surface area contributed by atoms with E-state index in [-0.39, 0.29) is 5.57 Å². The summed E-state index contributed by atoms with van der Waals surface area (Å²) in [7, 11) is 0. The van der Waals surface area contributed by atoms with E-state index in [9.17, 15) is 9.59 Å². The quantitative estimate of drug-likeness (QED) is 0.266. The summed E-state index contributed by atoms with van der Waals surface area (Å²) in [5.74, 6) is -1.14. The van der Waals surface area contributed by atoms with Gasteiger partial charge < -0.3 is 9.47 Å². The number of carbonyl (C=O) groups excluding carboxylic acids is 2. The van der Waals surface area contributed by atoms with Crippen molar-refractivity contribution in [2.75, 3.05) is 0 Å². The van der Waals surface area contributed by atoms with Crippen LogP contribution in [0.1, 0.15) is 6.42 Å². The maximum Gasteiger partial charge on any atom is 0.393 e. The Morgan fingerprint density at radius 3 is 2.75 bits per heavy atom. The van der Waals surface area contributed by atoms with Crippen LogP contribution in [0.15, 0.2) is 24.8 Å². The Bertz CT molecular complexity index is 254. The first-order chi connectivity index (χ1) is 5.65. The minimum Gasteiger partial charge on any atom is -0.411 e. The van der Waals surface area contributed by atoms with E-state index in [2.05, 4.69) is 22.6 Å². The Morgan fingerprint density at radius 2 is 2.33 bits per heavy atom. The van der Waals surface area contributed by atoms with Gasteiger partial charge in [0.1, 0.15) is 0 Å². The Kier molecular flexibility index (Phi) is 2.28. The van der Waals surface area contributed by atoms with E-state index < -0.39 is 18.2 Å². The Labute approximate surface area is 69.5 Å². The van der Waals surface area contributed by atoms with Crippen molar-refractivity contribution in [1.82, 2.24) is 0 Å². The highest BCUT2D eigenvalue weighted by Crippen LogP contribution is 2.15. The highest BCUT2D eigenvalue weighted by Gasteiger charge is 2.42. The fourth-order valence-electron chi connectivity index (χ4n) is 0.582. The number of ether oxygens (including phenoxy) is 2. The number of cyclic esters (lactones) is 1. The third kappa shape index (κ3) is 1.95. The zero-order chi connectivity index (χ0) is 9.14. The molecule has 0 N–H and O–H groups in total. The zero-order valence-corrected chi connectivity index (χ0v) is 6.41. The molecule has 4 heteroatoms. The van der Waals surface area contributed by atoms with E-state index in [0.717, 1.165) is 0 Å². The molecule has 1 unspecified atom stereocenters. The number of allylic oxidation sites excluding steroid dienone is 1. The zero-order valence-electron chi connectivity index (χ0n) is 6.41. The van der Waals surface area contributed by atoms with Crippen molar-refractivity contribution in [3.63, 3.8) is 0 Å². The lowest BCUT2D eigenvalue weighted by molar-refractivity contribution is -0.144. The van der Waals surface area contributed by atoms with E-state index >= 15 is 0 Å². The van der Waals surface area contributed by atoms with Gasteiger partial charge in [-0.2, -0.15) is 0 Å². The molecule has 4 nitrogen and oxygen atoms in total. The monoisotopic (exact) mass is 168 g/mol. The van der Waals surface area contributed by atoms with Crippen LogP contribution in [0, 0.1) is 0 Å². The molecular weight excluding hydrogens is 160 g/mol. The molecular formula is C8H8O4. The summed E-state index contributed by atoms with van der Waals surface area (Å²) in [5.41, 5.74) is 0.258. The normalized spacial score (nSPS) is 19.3. The molecule has 0 aliphatic carbocycles. The van der Waals surface area contributed by atoms with Gasteiger partial charge in [0.05, 0.1) is 0 Å². The second-order valence-corrected chi connectivity index (χ2v) is 2.27. The van der Waals surface area contributed by atoms with E-state index in [1.165, 1.54) is 6.08 Å². The SMILES string of the molecule is C=CCC(=C)C(=O)OC1OC1=O. The van der Waals surface area contributed by atoms with Gasteiger partial charge in [-0.3, -0.25) is 0 Å². The molecule has 1 rings (SSSR count). The first-order valence-corrected chi connectivity index (χ1v) is 3.35. The van der Waals surface area contributed by atoms with Crippen molar-refractivity contribution in [2.45, 2.75) is 12.7 Å². The first kappa shape index (κ1) is 8.52. The van der Waals surface area contributed by atoms with Gasteiger partial charge in [0, 0.05) is 5.57 Å². The summed E-state index contributed by atoms with van der Waals surface area (Å²) in [6.07, 6.45) is 0.873. The lowest BCUT2D eigenvalue weighted by atomic mass is 10.2. The van der Waals surface area contributed by atoms with Gasteiger partial charge in [-0.05, 0) is 6.42 Å². The van der Waals surface area contributed by atoms with Crippen LogP contribution < -0.4 is 0 Å². The van der Waals surface area contributed by atoms with Crippen molar-refractivity contribution in [1.29, 1.82) is 0 Å². The molecule has 1 atom stereocenters. The molecule has 1 aliphatic heterocycles. The molecule has 0 amide bonds. The topological polar surface area (TPSA) is 55.9 Å². The van der Waals surface area contributed by atoms with Crippen molar-refractivity contribution in [3.05, 3.63) is 24.8 Å². The molecule has 1 heterocycles. The van der Waals surface area contributed by atoms with Crippen molar-refractivity contribution >= 4 is 11.9 Å². The Balaban J connectivity index is 2.32. The predicted octanol–water partition coefficient (Wildman–Crippen LogP) is 0.545. The van der Waals surface area contributed by atoms with Crippen molar-refractivity contribution in [2.24, 2.45) is 0 Å². The van der Waals surface area contributed by atoms with Crippen LogP contribution >= 0.6 is 0 Å². The lowest BCUT2D eigenvalue weighted by Crippen LogP contribution is -2.09. The third-order valence-corrected chi connectivity index (χ3v) is 1.25. The van der Waals surface area contributed by atoms with Gasteiger partial charge in [0.25, 0.3) is 0 Å². The van der Waals surface area contributed by atoms with E-state index in [1.807, 2.05) is 0 Å². The summed E-state index contributed by atoms with van der Waals surface area (Å²) in [6.45, 7) is 6.86. The van der Waals surface area contributed by atoms with Crippen LogP contribution in [-0.2, 0) is 19.1 Å². The number of esters is 1. The molecule has 64 valence electrons. The summed E-state index contributed by atoms with van der Waals surface area (Å²) in [6, 6.07) is 0. The molecule has 0 aromatic heterocycles. The number of carbonyl (C=O) groups is 2. The van der Waals surface area contributed by atoms with Gasteiger partial charge in [-0.25, -0.2) is 9.59 Å². The van der Waals surface area contributed by atoms with Gasteiger partial charge in [0.2, 0.25) is 0 Å². The third-order valence-electron chi connectivity index (χ3n) is 1.25. The minimum absolute atomic E-state index is 0.258. The Morgan fingerprint density at radius 1 is 1.75 bits per heavy atom. The molecule has 0 spiro atoms. The van der Waals surface area contributed by atoms with Crippen LogP contribution in [0.4, 0.5) is 0 Å². The smallest absolute Gasteiger partial charge is 0.393 e. The second-order valence-electron chi connectivity index (χ2n) is 2.27. The maximum atomic E-state index is 10.9. The van der Waals surface area contributed by atoms with Gasteiger partial charge in [0.15, 0.2) is 0 Å². The van der Waals surface area contributed by atoms with E-state index in [0.29, 0.717) is 6.42 Å². The summed E-state index contributed by atoms with van der Waals surface area (Å²) in [4.78, 5) is 21.2. The summed E-state index contributed by atoms with van der Waals surface area (Å²) >= 11 is 0. The molecule has 1 saturated heterocycles. The van der Waals surface area contributed by atoms with Crippen LogP contribution in [0.2, 0.25) is 0 Å². The Hall–Kier alpha value is -1.58. The lowest BCUT2D eigenvalue weighted by Gasteiger charge is -1.98. The van der Waals surface area contributed by atoms with Gasteiger partial charge in [-0.15, -0.1) is 6.58 Å². The molecule has 0 saturated carbocycles. The highest BCUT2D eigenvalue weighted by molar-refractivity contribution is 5.93. The first-order valence-electron chi connectivity index (χ1n) is 3.35. The minimum atomic E-state index is -1.00. The fourth-order valence-corrected chi connectivity index (χ4v) is 0.582. The standard InChI is InChI=1S/C8H8O4/c1-3-4-5(2)6(9)11-8-7(10)12-8/h3,8H,1-2,4H2. The van der Waals surface area contributed by atoms with Crippen LogP contribution in [-0.4, -0.2) is 18.2 Å². The molecule has 1 aliphatic rings. The number of hydrogen-bond acceptors (Lipinski definition) is 4. The van der Waals surface area contributed by atoms with E-state index in [4.69, 9.17) is 0 Å². The maximum absolute atomic E-state index is 10.9. The number of hydrogen-bond donors (Lipinski definition) is 0. The largest absolute Gasteiger partial charge is 0.411 e. The highest BCUT2D eigenvalue weighted by atomic mass is 16.8. The molecule has 0 bridgehead atoms. The van der Waals surface area contributed by atoms with Crippen molar-refractivity contribution in [3.8, 4) is 0 Å². The average molecular weight is 168 g/mol. The van der Waals surface area contributed by atoms with Crippen LogP contribution in [0.5, 0.6) is 0 Å². The van der Waals surface area contributed by atoms with Gasteiger partial charge in [-0.1, -0.05) is 12.7 Å². The molecule has 0 aromatic rings. The fraction of sp³-hybridized carbons (Fsp3) is 0.250. The second kappa shape index (κ2) is 3.21. The summed E-state index contributed by atoms with van der Waals surface area (Å²) < 4.78 is 8.80. The van der Waals surface area contributed by atoms with Gasteiger partial charge >= 0.3 is 18.2 Å². The average Bonchev–Trinajstić information content (AvgIpc) is 2.67. The number of rotatable bonds is 4. The van der Waals surface area contributed by atoms with Crippen LogP contribution in [0.25, 0.3) is 0 Å². The predicted molar refractivity (Wildman–Crippen MR) is 39.9 cm³/mol. The number of epoxide rings is 1. The van der Waals surface area contributed by atoms with E-state index in [1.54, 1.807) is 0 Å². The molecule has 12 heavy (non-hydrogen) atoms. The molecule has 0 aromatic carbocycles. The molecule has 1 fully saturated rings. The molecule has 0 radical (unpaired) electrons. The van der Waals surface area contributed by atoms with Crippen LogP contribution in [0.3, 0.4) is 0 Å². The summed E-state index contributed by atoms with van der Waals surface area (Å²) in [5, 5.41) is 0. The van der Waals surface area contributed by atoms with Crippen molar-refractivity contribution < 1.29 is 19.1 Å².